The van der Waals surface area contributed by atoms with Gasteiger partial charge in [-0.2, -0.15) is 0 Å². The van der Waals surface area contributed by atoms with Crippen LogP contribution in [0.15, 0.2) is 0 Å². The molecule has 1 fully saturated rings. The third-order valence-corrected chi connectivity index (χ3v) is 4.96. The average molecular weight is 316 g/mol. The minimum Gasteiger partial charge on any atom is -0.388 e. The second-order valence-corrected chi connectivity index (χ2v) is 6.78. The van der Waals surface area contributed by atoms with Crippen LogP contribution >= 0.6 is 0 Å². The minimum atomic E-state index is -1.08. The summed E-state index contributed by atoms with van der Waals surface area (Å²) in [5.41, 5.74) is 0. The number of ether oxygens (including phenoxy) is 1. The minimum absolute atomic E-state index is 0.122. The van der Waals surface area contributed by atoms with E-state index in [4.69, 9.17) is 4.74 Å². The summed E-state index contributed by atoms with van der Waals surface area (Å²) in [6.45, 7) is 4.46. The third kappa shape index (κ3) is 6.53. The fourth-order valence-corrected chi connectivity index (χ4v) is 3.38. The van der Waals surface area contributed by atoms with Crippen molar-refractivity contribution in [1.29, 1.82) is 0 Å². The highest BCUT2D eigenvalue weighted by molar-refractivity contribution is 4.89. The molecule has 0 bridgehead atoms. The van der Waals surface area contributed by atoms with E-state index in [1.165, 1.54) is 44.9 Å². The molecule has 0 saturated carbocycles. The van der Waals surface area contributed by atoms with Crippen LogP contribution in [0.25, 0.3) is 0 Å². The zero-order valence-electron chi connectivity index (χ0n) is 14.4. The van der Waals surface area contributed by atoms with Gasteiger partial charge in [-0.05, 0) is 12.3 Å². The van der Waals surface area contributed by atoms with E-state index in [1.807, 2.05) is 0 Å². The molecule has 0 aromatic carbocycles. The van der Waals surface area contributed by atoms with Crippen molar-refractivity contribution in [3.63, 3.8) is 0 Å². The van der Waals surface area contributed by atoms with Crippen LogP contribution in [0.2, 0.25) is 0 Å². The van der Waals surface area contributed by atoms with Gasteiger partial charge < -0.3 is 20.1 Å². The molecule has 0 amide bonds. The molecule has 0 aliphatic carbocycles. The first-order valence-corrected chi connectivity index (χ1v) is 9.27. The summed E-state index contributed by atoms with van der Waals surface area (Å²) in [7, 11) is 0. The van der Waals surface area contributed by atoms with Gasteiger partial charge in [0.05, 0.1) is 12.7 Å². The molecule has 1 aliphatic heterocycles. The second kappa shape index (κ2) is 11.4. The molecule has 22 heavy (non-hydrogen) atoms. The number of hydrogen-bond acceptors (Lipinski definition) is 4. The Morgan fingerprint density at radius 2 is 1.45 bits per heavy atom. The first-order chi connectivity index (χ1) is 10.6. The fraction of sp³-hybridized carbons (Fsp3) is 1.00. The van der Waals surface area contributed by atoms with E-state index >= 15 is 0 Å². The fourth-order valence-electron chi connectivity index (χ4n) is 3.38. The standard InChI is InChI=1S/C18H36O4/c1-3-5-6-7-8-9-10-11-12-14(4-2)18-17(21)16(20)15(19)13-22-18/h14-21H,3-13H2,1-2H3/t14?,15-,16+,17-,18+/m1/s1. The first-order valence-electron chi connectivity index (χ1n) is 9.27. The second-order valence-electron chi connectivity index (χ2n) is 6.78. The molecule has 1 unspecified atom stereocenters. The Morgan fingerprint density at radius 1 is 0.864 bits per heavy atom. The zero-order valence-corrected chi connectivity index (χ0v) is 14.4. The van der Waals surface area contributed by atoms with Crippen LogP contribution in [-0.4, -0.2) is 46.3 Å². The molecular formula is C18H36O4. The largest absolute Gasteiger partial charge is 0.388 e. The zero-order chi connectivity index (χ0) is 16.4. The summed E-state index contributed by atoms with van der Waals surface area (Å²) in [5, 5.41) is 29.4. The predicted octanol–water partition coefficient (Wildman–Crippen LogP) is 3.02. The first kappa shape index (κ1) is 19.9. The van der Waals surface area contributed by atoms with Crippen molar-refractivity contribution in [3.05, 3.63) is 0 Å². The van der Waals surface area contributed by atoms with Gasteiger partial charge >= 0.3 is 0 Å². The summed E-state index contributed by atoms with van der Waals surface area (Å²) in [6, 6.07) is 0. The van der Waals surface area contributed by atoms with Gasteiger partial charge in [0.1, 0.15) is 18.3 Å². The Hall–Kier alpha value is -0.160. The Labute approximate surface area is 135 Å². The molecule has 0 aromatic heterocycles. The molecule has 4 heteroatoms. The summed E-state index contributed by atoms with van der Waals surface area (Å²) in [6.07, 6.45) is 8.95. The molecular weight excluding hydrogens is 280 g/mol. The van der Waals surface area contributed by atoms with E-state index in [-0.39, 0.29) is 18.6 Å². The SMILES string of the molecule is CCCCCCCCCCC(CC)[C@@H]1OC[C@@H](O)[C@H](O)[C@H]1O. The van der Waals surface area contributed by atoms with E-state index in [0.717, 1.165) is 19.3 Å². The van der Waals surface area contributed by atoms with Crippen LogP contribution in [-0.2, 0) is 4.74 Å². The molecule has 1 heterocycles. The van der Waals surface area contributed by atoms with Crippen molar-refractivity contribution < 1.29 is 20.1 Å². The maximum absolute atomic E-state index is 10.1. The van der Waals surface area contributed by atoms with Crippen molar-refractivity contribution in [1.82, 2.24) is 0 Å². The van der Waals surface area contributed by atoms with Crippen LogP contribution in [0, 0.1) is 5.92 Å². The summed E-state index contributed by atoms with van der Waals surface area (Å²) in [5.74, 6) is 0.261. The van der Waals surface area contributed by atoms with Crippen LogP contribution in [0.1, 0.15) is 78.1 Å². The quantitative estimate of drug-likeness (QED) is 0.512. The van der Waals surface area contributed by atoms with Crippen molar-refractivity contribution in [2.75, 3.05) is 6.61 Å². The number of unbranched alkanes of at least 4 members (excludes halogenated alkanes) is 7. The van der Waals surface area contributed by atoms with Crippen molar-refractivity contribution in [3.8, 4) is 0 Å². The Morgan fingerprint density at radius 3 is 2.05 bits per heavy atom. The molecule has 3 N–H and O–H groups in total. The lowest BCUT2D eigenvalue weighted by Gasteiger charge is -2.39. The number of aliphatic hydroxyl groups excluding tert-OH is 3. The van der Waals surface area contributed by atoms with E-state index in [0.29, 0.717) is 0 Å². The van der Waals surface area contributed by atoms with E-state index in [1.54, 1.807) is 0 Å². The number of aliphatic hydroxyl groups is 3. The molecule has 0 radical (unpaired) electrons. The van der Waals surface area contributed by atoms with Gasteiger partial charge in [0.25, 0.3) is 0 Å². The van der Waals surface area contributed by atoms with Gasteiger partial charge in [-0.15, -0.1) is 0 Å². The normalized spacial score (nSPS) is 30.4. The van der Waals surface area contributed by atoms with Crippen LogP contribution in [0.4, 0.5) is 0 Å². The van der Waals surface area contributed by atoms with Gasteiger partial charge in [-0.25, -0.2) is 0 Å². The highest BCUT2D eigenvalue weighted by atomic mass is 16.5. The highest BCUT2D eigenvalue weighted by Gasteiger charge is 2.40. The molecule has 1 aliphatic rings. The average Bonchev–Trinajstić information content (AvgIpc) is 2.52. The van der Waals surface area contributed by atoms with Crippen LogP contribution < -0.4 is 0 Å². The van der Waals surface area contributed by atoms with Crippen molar-refractivity contribution >= 4 is 0 Å². The van der Waals surface area contributed by atoms with Gasteiger partial charge in [-0.1, -0.05) is 71.6 Å². The molecule has 0 spiro atoms. The van der Waals surface area contributed by atoms with E-state index in [2.05, 4.69) is 13.8 Å². The third-order valence-electron chi connectivity index (χ3n) is 4.96. The van der Waals surface area contributed by atoms with Gasteiger partial charge in [0.2, 0.25) is 0 Å². The lowest BCUT2D eigenvalue weighted by molar-refractivity contribution is -0.201. The molecule has 0 aromatic rings. The maximum atomic E-state index is 10.1. The van der Waals surface area contributed by atoms with Crippen LogP contribution in [0.3, 0.4) is 0 Å². The van der Waals surface area contributed by atoms with Crippen molar-refractivity contribution in [2.45, 2.75) is 102 Å². The lowest BCUT2D eigenvalue weighted by atomic mass is 9.85. The smallest absolute Gasteiger partial charge is 0.111 e. The van der Waals surface area contributed by atoms with Gasteiger partial charge in [0, 0.05) is 0 Å². The van der Waals surface area contributed by atoms with Gasteiger partial charge in [-0.3, -0.25) is 0 Å². The highest BCUT2D eigenvalue weighted by Crippen LogP contribution is 2.28. The molecule has 132 valence electrons. The molecule has 4 nitrogen and oxygen atoms in total. The predicted molar refractivity (Wildman–Crippen MR) is 88.8 cm³/mol. The monoisotopic (exact) mass is 316 g/mol. The Bertz CT molecular complexity index is 272. The summed E-state index contributed by atoms with van der Waals surface area (Å²) < 4.78 is 5.59. The van der Waals surface area contributed by atoms with Crippen LogP contribution in [0.5, 0.6) is 0 Å². The molecule has 1 saturated heterocycles. The van der Waals surface area contributed by atoms with E-state index < -0.39 is 18.3 Å². The summed E-state index contributed by atoms with van der Waals surface area (Å²) in [4.78, 5) is 0. The number of rotatable bonds is 11. The summed E-state index contributed by atoms with van der Waals surface area (Å²) >= 11 is 0. The molecule has 1 rings (SSSR count). The van der Waals surface area contributed by atoms with Gasteiger partial charge in [0.15, 0.2) is 0 Å². The van der Waals surface area contributed by atoms with E-state index in [9.17, 15) is 15.3 Å². The topological polar surface area (TPSA) is 69.9 Å². The maximum Gasteiger partial charge on any atom is 0.111 e. The van der Waals surface area contributed by atoms with Crippen molar-refractivity contribution in [2.24, 2.45) is 5.92 Å². The lowest BCUT2D eigenvalue weighted by Crippen LogP contribution is -2.55. The Kier molecular flexibility index (Phi) is 10.3. The molecule has 5 atom stereocenters. The number of hydrogen-bond donors (Lipinski definition) is 3. The Balaban J connectivity index is 2.19.